The Morgan fingerprint density at radius 1 is 0.135 bits per heavy atom. The minimum atomic E-state index is 0. The predicted molar refractivity (Wildman–Crippen MR) is 130 cm³/mol. The zero-order chi connectivity index (χ0) is 25.5. The Kier molecular flexibility index (Phi) is 37.1. The van der Waals surface area contributed by atoms with Crippen LogP contribution in [0.25, 0.3) is 0 Å². The largest absolute Gasteiger partial charge is 1.00 e. The summed E-state index contributed by atoms with van der Waals surface area (Å²) in [6.07, 6.45) is 0. The van der Waals surface area contributed by atoms with Gasteiger partial charge in [-0.3, -0.25) is 0 Å². The van der Waals surface area contributed by atoms with Crippen LogP contribution in [0.15, 0.2) is 0 Å². The van der Waals surface area contributed by atoms with Crippen LogP contribution < -0.4 is 68.9 Å². The van der Waals surface area contributed by atoms with Crippen molar-refractivity contribution in [1.82, 2.24) is 0 Å². The molecule has 216 valence electrons. The van der Waals surface area contributed by atoms with Crippen LogP contribution in [0.5, 0.6) is 0 Å². The van der Waals surface area contributed by atoms with Crippen LogP contribution >= 0.6 is 0 Å². The molecule has 0 radical (unpaired) electrons. The summed E-state index contributed by atoms with van der Waals surface area (Å²) in [5, 5.41) is 0. The summed E-state index contributed by atoms with van der Waals surface area (Å²) in [4.78, 5) is 0. The molecule has 0 aliphatic carbocycles. The first kappa shape index (κ1) is 38.6. The maximum atomic E-state index is 5.33. The number of hydrogen-bond donors (Lipinski definition) is 0. The van der Waals surface area contributed by atoms with Gasteiger partial charge in [0.2, 0.25) is 0 Å². The van der Waals surface area contributed by atoms with E-state index in [1.54, 1.807) is 0 Å². The second kappa shape index (κ2) is 35.6. The van der Waals surface area contributed by atoms with Gasteiger partial charge in [-0.1, -0.05) is 0 Å². The van der Waals surface area contributed by atoms with E-state index in [4.69, 9.17) is 56.8 Å². The zero-order valence-electron chi connectivity index (χ0n) is 22.9. The molecule has 0 atom stereocenters. The van der Waals surface area contributed by atoms with Crippen LogP contribution in [-0.2, 0) is 56.8 Å². The molecule has 2 heterocycles. The monoisotopic (exact) mass is 661 g/mol. The fraction of sp³-hybridized carbons (Fsp3) is 1.00. The summed E-state index contributed by atoms with van der Waals surface area (Å²) in [7, 11) is 0. The van der Waals surface area contributed by atoms with Crippen molar-refractivity contribution in [2.75, 3.05) is 159 Å². The molecule has 13 heteroatoms. The predicted octanol–water partition coefficient (Wildman–Crippen LogP) is -2.80. The van der Waals surface area contributed by atoms with Crippen molar-refractivity contribution in [3.05, 3.63) is 0 Å². The van der Waals surface area contributed by atoms with Gasteiger partial charge in [-0.2, -0.15) is 0 Å². The molecule has 0 aromatic rings. The van der Waals surface area contributed by atoms with Crippen molar-refractivity contribution in [3.63, 3.8) is 0 Å². The van der Waals surface area contributed by atoms with Gasteiger partial charge in [0.15, 0.2) is 0 Å². The molecule has 12 nitrogen and oxygen atoms in total. The summed E-state index contributed by atoms with van der Waals surface area (Å²) in [6.45, 7) is 14.1. The standard InChI is InChI=1S/2C12H24O6.Cs/c2*1-2-14-5-6-16-9-10-18-12-11-17-8-7-15-4-3-13-1;/h2*1-12H2;/q;;+1. The van der Waals surface area contributed by atoms with E-state index in [0.29, 0.717) is 159 Å². The van der Waals surface area contributed by atoms with Gasteiger partial charge in [-0.15, -0.1) is 0 Å². The Morgan fingerprint density at radius 3 is 0.243 bits per heavy atom. The SMILES string of the molecule is C1COCCOCCOCCOCCOCCO1.C1COCCOCCOCCOCCOCCO1.[Cs+]. The van der Waals surface area contributed by atoms with Crippen LogP contribution in [0, 0.1) is 0 Å². The normalized spacial score (nSPS) is 23.4. The van der Waals surface area contributed by atoms with Crippen molar-refractivity contribution in [3.8, 4) is 0 Å². The van der Waals surface area contributed by atoms with E-state index in [-0.39, 0.29) is 68.9 Å². The van der Waals surface area contributed by atoms with Crippen molar-refractivity contribution < 1.29 is 126 Å². The molecule has 2 aliphatic heterocycles. The van der Waals surface area contributed by atoms with Gasteiger partial charge >= 0.3 is 68.9 Å². The van der Waals surface area contributed by atoms with E-state index < -0.39 is 0 Å². The van der Waals surface area contributed by atoms with Gasteiger partial charge in [0.1, 0.15) is 0 Å². The van der Waals surface area contributed by atoms with Crippen LogP contribution in [0.1, 0.15) is 0 Å². The fourth-order valence-electron chi connectivity index (χ4n) is 2.64. The molecular formula is C24H48CsO12+. The van der Waals surface area contributed by atoms with Crippen LogP contribution in [-0.4, -0.2) is 159 Å². The van der Waals surface area contributed by atoms with Crippen LogP contribution in [0.2, 0.25) is 0 Å². The topological polar surface area (TPSA) is 111 Å². The number of ether oxygens (including phenoxy) is 12. The van der Waals surface area contributed by atoms with Gasteiger partial charge in [-0.05, 0) is 0 Å². The second-order valence-electron chi connectivity index (χ2n) is 7.35. The quantitative estimate of drug-likeness (QED) is 0.268. The molecule has 0 aromatic heterocycles. The summed E-state index contributed by atoms with van der Waals surface area (Å²) < 4.78 is 63.9. The average Bonchev–Trinajstić information content (AvgIpc) is 2.89. The van der Waals surface area contributed by atoms with Crippen LogP contribution in [0.3, 0.4) is 0 Å². The molecule has 0 saturated carbocycles. The maximum Gasteiger partial charge on any atom is 1.00 e. The average molecular weight is 662 g/mol. The third kappa shape index (κ3) is 33.7. The third-order valence-corrected chi connectivity index (χ3v) is 4.46. The molecule has 0 amide bonds. The van der Waals surface area contributed by atoms with Crippen LogP contribution in [0.4, 0.5) is 0 Å². The minimum Gasteiger partial charge on any atom is -0.377 e. The molecule has 2 rings (SSSR count). The smallest absolute Gasteiger partial charge is 0.377 e. The number of rotatable bonds is 0. The van der Waals surface area contributed by atoms with E-state index in [1.165, 1.54) is 0 Å². The molecule has 2 fully saturated rings. The molecule has 0 aromatic carbocycles. The van der Waals surface area contributed by atoms with Crippen molar-refractivity contribution in [2.45, 2.75) is 0 Å². The fourth-order valence-corrected chi connectivity index (χ4v) is 2.64. The van der Waals surface area contributed by atoms with E-state index in [2.05, 4.69) is 0 Å². The maximum absolute atomic E-state index is 5.33. The first-order chi connectivity index (χ1) is 18.0. The van der Waals surface area contributed by atoms with Gasteiger partial charge in [0.25, 0.3) is 0 Å². The molecule has 0 unspecified atom stereocenters. The van der Waals surface area contributed by atoms with Gasteiger partial charge in [0.05, 0.1) is 159 Å². The zero-order valence-corrected chi connectivity index (χ0v) is 29.1. The Bertz CT molecular complexity index is 226. The summed E-state index contributed by atoms with van der Waals surface area (Å²) >= 11 is 0. The minimum absolute atomic E-state index is 0. The van der Waals surface area contributed by atoms with E-state index >= 15 is 0 Å². The van der Waals surface area contributed by atoms with Crippen molar-refractivity contribution >= 4 is 0 Å². The number of hydrogen-bond acceptors (Lipinski definition) is 12. The Morgan fingerprint density at radius 2 is 0.189 bits per heavy atom. The first-order valence-corrected chi connectivity index (χ1v) is 12.9. The Balaban J connectivity index is 0.000000682. The van der Waals surface area contributed by atoms with Gasteiger partial charge < -0.3 is 56.8 Å². The summed E-state index contributed by atoms with van der Waals surface area (Å²) in [6, 6.07) is 0. The molecule has 2 saturated heterocycles. The molecule has 0 bridgehead atoms. The molecule has 2 aliphatic rings. The molecule has 37 heavy (non-hydrogen) atoms. The first-order valence-electron chi connectivity index (χ1n) is 12.9. The Hall–Kier alpha value is 1.57. The van der Waals surface area contributed by atoms with Crippen molar-refractivity contribution in [2.24, 2.45) is 0 Å². The Labute approximate surface area is 281 Å². The third-order valence-electron chi connectivity index (χ3n) is 4.46. The molecule has 0 N–H and O–H groups in total. The summed E-state index contributed by atoms with van der Waals surface area (Å²) in [5.41, 5.74) is 0. The van der Waals surface area contributed by atoms with Crippen molar-refractivity contribution in [1.29, 1.82) is 0 Å². The van der Waals surface area contributed by atoms with E-state index in [9.17, 15) is 0 Å². The van der Waals surface area contributed by atoms with E-state index in [0.717, 1.165) is 0 Å². The summed E-state index contributed by atoms with van der Waals surface area (Å²) in [5.74, 6) is 0. The molecule has 0 spiro atoms. The second-order valence-corrected chi connectivity index (χ2v) is 7.35. The van der Waals surface area contributed by atoms with E-state index in [1.807, 2.05) is 0 Å². The van der Waals surface area contributed by atoms with Gasteiger partial charge in [0, 0.05) is 0 Å². The molecular weight excluding hydrogens is 613 g/mol. The van der Waals surface area contributed by atoms with Gasteiger partial charge in [-0.25, -0.2) is 0 Å².